The van der Waals surface area contributed by atoms with Crippen molar-refractivity contribution < 1.29 is 9.90 Å². The monoisotopic (exact) mass is 404 g/mol. The van der Waals surface area contributed by atoms with Crippen LogP contribution >= 0.6 is 0 Å². The fourth-order valence-electron chi connectivity index (χ4n) is 4.20. The Morgan fingerprint density at radius 1 is 0.967 bits per heavy atom. The molecule has 0 amide bonds. The molecule has 4 heterocycles. The van der Waals surface area contributed by atoms with Crippen LogP contribution in [0.2, 0.25) is 0 Å². The van der Waals surface area contributed by atoms with Crippen LogP contribution in [0.15, 0.2) is 36.7 Å². The molecule has 154 valence electrons. The molecule has 1 N–H and O–H groups in total. The first-order valence-electron chi connectivity index (χ1n) is 10.3. The number of aliphatic hydroxyl groups is 1. The van der Waals surface area contributed by atoms with Crippen molar-refractivity contribution >= 4 is 17.6 Å². The summed E-state index contributed by atoms with van der Waals surface area (Å²) in [5.74, 6) is 3.01. The number of hydrogen-bond acceptors (Lipinski definition) is 6. The van der Waals surface area contributed by atoms with Gasteiger partial charge in [0.2, 0.25) is 0 Å². The minimum absolute atomic E-state index is 0.188. The molecule has 4 aromatic heterocycles. The molecule has 0 spiro atoms. The van der Waals surface area contributed by atoms with E-state index in [0.717, 1.165) is 47.6 Å². The predicted molar refractivity (Wildman–Crippen MR) is 110 cm³/mol. The van der Waals surface area contributed by atoms with Gasteiger partial charge in [-0.1, -0.05) is 12.1 Å². The highest BCUT2D eigenvalue weighted by molar-refractivity contribution is 5.64. The number of aryl methyl sites for hydroxylation is 2. The van der Waals surface area contributed by atoms with Gasteiger partial charge < -0.3 is 9.90 Å². The summed E-state index contributed by atoms with van der Waals surface area (Å²) in [5.41, 5.74) is 4.20. The van der Waals surface area contributed by atoms with Crippen molar-refractivity contribution in [2.45, 2.75) is 38.5 Å². The van der Waals surface area contributed by atoms with Crippen molar-refractivity contribution in [3.8, 4) is 0 Å². The molecule has 0 radical (unpaired) electrons. The lowest BCUT2D eigenvalue weighted by molar-refractivity contribution is -0.108. The van der Waals surface area contributed by atoms with Crippen LogP contribution in [0.3, 0.4) is 0 Å². The van der Waals surface area contributed by atoms with Gasteiger partial charge in [0, 0.05) is 36.0 Å². The molecule has 2 aliphatic rings. The molecule has 6 rings (SSSR count). The maximum Gasteiger partial charge on any atom is 0.159 e. The summed E-state index contributed by atoms with van der Waals surface area (Å²) in [6.07, 6.45) is 6.86. The molecular weight excluding hydrogens is 380 g/mol. The van der Waals surface area contributed by atoms with Crippen LogP contribution in [-0.4, -0.2) is 47.2 Å². The number of carbonyl (C=O) groups is 1. The Kier molecular flexibility index (Phi) is 4.58. The number of rotatable bonds is 4. The van der Waals surface area contributed by atoms with Crippen LogP contribution in [-0.2, 0) is 4.79 Å². The highest BCUT2D eigenvalue weighted by atomic mass is 16.3. The van der Waals surface area contributed by atoms with Crippen LogP contribution in [0.1, 0.15) is 47.5 Å². The zero-order valence-corrected chi connectivity index (χ0v) is 17.0. The van der Waals surface area contributed by atoms with E-state index in [9.17, 15) is 4.79 Å². The van der Waals surface area contributed by atoms with Crippen molar-refractivity contribution in [2.24, 2.45) is 11.8 Å². The smallest absolute Gasteiger partial charge is 0.159 e. The molecular formula is C22H24N6O2. The minimum atomic E-state index is 0.188. The average molecular weight is 404 g/mol. The van der Waals surface area contributed by atoms with Crippen molar-refractivity contribution in [3.63, 3.8) is 0 Å². The average Bonchev–Trinajstić information content (AvgIpc) is 3.62. The Morgan fingerprint density at radius 3 is 2.00 bits per heavy atom. The molecule has 2 aliphatic carbocycles. The van der Waals surface area contributed by atoms with Crippen LogP contribution in [0.4, 0.5) is 0 Å². The number of nitrogens with zero attached hydrogens (tertiary/aromatic N) is 6. The SMILES string of the molecule is Cc1nc2c(C3CC3C=O)cccn2n1.Cc1nc2c(C3CC3CO)cccn2n1. The fourth-order valence-corrected chi connectivity index (χ4v) is 4.20. The van der Waals surface area contributed by atoms with Gasteiger partial charge in [-0.25, -0.2) is 19.0 Å². The number of aromatic nitrogens is 6. The second-order valence-corrected chi connectivity index (χ2v) is 8.21. The van der Waals surface area contributed by atoms with E-state index in [4.69, 9.17) is 5.11 Å². The summed E-state index contributed by atoms with van der Waals surface area (Å²) in [4.78, 5) is 19.4. The Hall–Kier alpha value is -3.13. The number of carbonyl (C=O) groups excluding carboxylic acids is 1. The zero-order chi connectivity index (χ0) is 20.8. The van der Waals surface area contributed by atoms with Gasteiger partial charge in [0.15, 0.2) is 11.3 Å². The van der Waals surface area contributed by atoms with Crippen molar-refractivity contribution in [1.29, 1.82) is 0 Å². The third kappa shape index (κ3) is 3.37. The summed E-state index contributed by atoms with van der Waals surface area (Å²) >= 11 is 0. The number of aldehydes is 1. The molecule has 8 nitrogen and oxygen atoms in total. The van der Waals surface area contributed by atoms with Crippen molar-refractivity contribution in [3.05, 3.63) is 59.4 Å². The van der Waals surface area contributed by atoms with Gasteiger partial charge in [-0.2, -0.15) is 10.2 Å². The van der Waals surface area contributed by atoms with E-state index in [0.29, 0.717) is 17.8 Å². The van der Waals surface area contributed by atoms with Gasteiger partial charge in [-0.15, -0.1) is 0 Å². The second kappa shape index (κ2) is 7.28. The van der Waals surface area contributed by atoms with Gasteiger partial charge in [0.1, 0.15) is 17.9 Å². The molecule has 4 aromatic rings. The van der Waals surface area contributed by atoms with Crippen LogP contribution < -0.4 is 0 Å². The minimum Gasteiger partial charge on any atom is -0.396 e. The van der Waals surface area contributed by atoms with E-state index < -0.39 is 0 Å². The van der Waals surface area contributed by atoms with Gasteiger partial charge in [0.05, 0.1) is 0 Å². The maximum absolute atomic E-state index is 10.6. The molecule has 8 heteroatoms. The number of hydrogen-bond donors (Lipinski definition) is 1. The standard InChI is InChI=1S/C11H13N3O.C11H11N3O/c2*1-7-12-11-9(10-5-8(10)6-15)3-2-4-14(11)13-7/h2-4,8,10,15H,5-6H2,1H3;2-4,6,8,10H,5H2,1H3. The normalized spacial score (nSPS) is 24.5. The molecule has 2 saturated carbocycles. The van der Waals surface area contributed by atoms with E-state index in [1.54, 1.807) is 4.52 Å². The number of pyridine rings is 2. The molecule has 4 atom stereocenters. The second-order valence-electron chi connectivity index (χ2n) is 8.21. The summed E-state index contributed by atoms with van der Waals surface area (Å²) in [6, 6.07) is 8.07. The Bertz CT molecular complexity index is 1230. The molecule has 0 aliphatic heterocycles. The Labute approximate surface area is 173 Å². The number of fused-ring (bicyclic) bond motifs is 2. The highest BCUT2D eigenvalue weighted by Gasteiger charge is 2.40. The zero-order valence-electron chi connectivity index (χ0n) is 17.0. The van der Waals surface area contributed by atoms with Crippen LogP contribution in [0, 0.1) is 25.7 Å². The summed E-state index contributed by atoms with van der Waals surface area (Å²) < 4.78 is 3.60. The first-order valence-corrected chi connectivity index (χ1v) is 10.3. The van der Waals surface area contributed by atoms with E-state index >= 15 is 0 Å². The fraction of sp³-hybridized carbons (Fsp3) is 0.409. The topological polar surface area (TPSA) is 97.7 Å². The molecule has 0 bridgehead atoms. The highest BCUT2D eigenvalue weighted by Crippen LogP contribution is 2.48. The van der Waals surface area contributed by atoms with Crippen LogP contribution in [0.5, 0.6) is 0 Å². The lowest BCUT2D eigenvalue weighted by atomic mass is 10.1. The third-order valence-electron chi connectivity index (χ3n) is 5.97. The lowest BCUT2D eigenvalue weighted by Gasteiger charge is -2.00. The summed E-state index contributed by atoms with van der Waals surface area (Å²) in [7, 11) is 0. The van der Waals surface area contributed by atoms with Crippen LogP contribution in [0.25, 0.3) is 11.3 Å². The molecule has 4 unspecified atom stereocenters. The van der Waals surface area contributed by atoms with Gasteiger partial charge in [-0.05, 0) is 56.6 Å². The largest absolute Gasteiger partial charge is 0.396 e. The quantitative estimate of drug-likeness (QED) is 0.525. The first-order chi connectivity index (χ1) is 14.6. The van der Waals surface area contributed by atoms with E-state index in [-0.39, 0.29) is 12.5 Å². The maximum atomic E-state index is 10.6. The van der Waals surface area contributed by atoms with E-state index in [1.807, 2.05) is 49.0 Å². The van der Waals surface area contributed by atoms with E-state index in [1.165, 1.54) is 5.56 Å². The summed E-state index contributed by atoms with van der Waals surface area (Å²) in [6.45, 7) is 4.05. The summed E-state index contributed by atoms with van der Waals surface area (Å²) in [5, 5.41) is 17.6. The van der Waals surface area contributed by atoms with E-state index in [2.05, 4.69) is 26.2 Å². The van der Waals surface area contributed by atoms with Crippen molar-refractivity contribution in [2.75, 3.05) is 6.61 Å². The molecule has 30 heavy (non-hydrogen) atoms. The number of aliphatic hydroxyl groups excluding tert-OH is 1. The van der Waals surface area contributed by atoms with Gasteiger partial charge in [0.25, 0.3) is 0 Å². The predicted octanol–water partition coefficient (Wildman–Crippen LogP) is 2.47. The molecule has 0 saturated heterocycles. The molecule has 0 aromatic carbocycles. The lowest BCUT2D eigenvalue weighted by Crippen LogP contribution is -1.94. The van der Waals surface area contributed by atoms with Gasteiger partial charge >= 0.3 is 0 Å². The van der Waals surface area contributed by atoms with Crippen molar-refractivity contribution in [1.82, 2.24) is 29.2 Å². The third-order valence-corrected chi connectivity index (χ3v) is 5.97. The molecule has 2 fully saturated rings. The van der Waals surface area contributed by atoms with Gasteiger partial charge in [-0.3, -0.25) is 0 Å². The Morgan fingerprint density at radius 2 is 1.53 bits per heavy atom. The first kappa shape index (κ1) is 18.9. The Balaban J connectivity index is 0.000000128.